The minimum Gasteiger partial charge on any atom is -0.339 e. The second-order valence-corrected chi connectivity index (χ2v) is 8.75. The van der Waals surface area contributed by atoms with Gasteiger partial charge in [-0.2, -0.15) is 0 Å². The molecule has 2 amide bonds. The third-order valence-corrected chi connectivity index (χ3v) is 6.19. The molecule has 0 bridgehead atoms. The highest BCUT2D eigenvalue weighted by atomic mass is 16.2. The molecule has 3 aromatic rings. The van der Waals surface area contributed by atoms with Gasteiger partial charge < -0.3 is 10.2 Å². The smallest absolute Gasteiger partial charge is 0.256 e. The molecule has 0 spiro atoms. The predicted octanol–water partition coefficient (Wildman–Crippen LogP) is 5.31. The Morgan fingerprint density at radius 2 is 1.35 bits per heavy atom. The molecular weight excluding hydrogens is 424 g/mol. The van der Waals surface area contributed by atoms with Gasteiger partial charge in [-0.25, -0.2) is 0 Å². The summed E-state index contributed by atoms with van der Waals surface area (Å²) in [5.41, 5.74) is 3.51. The molecule has 0 unspecified atom stereocenters. The van der Waals surface area contributed by atoms with Gasteiger partial charge in [0, 0.05) is 31.6 Å². The number of rotatable bonds is 8. The number of piperidine rings is 1. The summed E-state index contributed by atoms with van der Waals surface area (Å²) in [6, 6.07) is 24.3. The van der Waals surface area contributed by atoms with Crippen LogP contribution in [0.3, 0.4) is 0 Å². The number of ketones is 1. The molecule has 4 rings (SSSR count). The first-order chi connectivity index (χ1) is 16.6. The summed E-state index contributed by atoms with van der Waals surface area (Å²) in [7, 11) is 0. The molecule has 1 aliphatic rings. The molecular formula is C29H30N2O3. The zero-order chi connectivity index (χ0) is 23.8. The number of nitrogens with zero attached hydrogens (tertiary/aromatic N) is 1. The zero-order valence-electron chi connectivity index (χ0n) is 19.3. The van der Waals surface area contributed by atoms with Gasteiger partial charge in [-0.1, -0.05) is 54.6 Å². The van der Waals surface area contributed by atoms with Crippen LogP contribution in [-0.4, -0.2) is 35.6 Å². The topological polar surface area (TPSA) is 66.5 Å². The van der Waals surface area contributed by atoms with E-state index in [2.05, 4.69) is 5.32 Å². The number of nitrogens with one attached hydrogen (secondary N) is 1. The van der Waals surface area contributed by atoms with Crippen molar-refractivity contribution in [2.75, 3.05) is 18.4 Å². The first-order valence-electron chi connectivity index (χ1n) is 11.9. The lowest BCUT2D eigenvalue weighted by molar-refractivity contribution is -0.118. The van der Waals surface area contributed by atoms with E-state index in [1.54, 1.807) is 36.4 Å². The number of Topliss-reactive ketones (excluding diaryl/α,β-unsaturated/α-hetero) is 1. The molecule has 3 aromatic carbocycles. The van der Waals surface area contributed by atoms with Crippen LogP contribution < -0.4 is 5.32 Å². The predicted molar refractivity (Wildman–Crippen MR) is 134 cm³/mol. The number of benzene rings is 3. The standard InChI is InChI=1S/C29H30N2O3/c32-25(18-15-22-9-3-1-4-10-22)21-23-13-16-24(17-14-23)30-28(33)26-11-5-6-12-27(26)29(34)31-19-7-2-8-20-31/h1,3-6,9-14,16-17H,2,7-8,15,18-21H2,(H,30,33). The highest BCUT2D eigenvalue weighted by Crippen LogP contribution is 2.19. The Labute approximate surface area is 200 Å². The summed E-state index contributed by atoms with van der Waals surface area (Å²) < 4.78 is 0. The number of carbonyl (C=O) groups is 3. The van der Waals surface area contributed by atoms with Gasteiger partial charge in [0.25, 0.3) is 11.8 Å². The number of likely N-dealkylation sites (tertiary alicyclic amines) is 1. The van der Waals surface area contributed by atoms with Crippen molar-refractivity contribution in [1.29, 1.82) is 0 Å². The summed E-state index contributed by atoms with van der Waals surface area (Å²) >= 11 is 0. The summed E-state index contributed by atoms with van der Waals surface area (Å²) in [4.78, 5) is 40.1. The van der Waals surface area contributed by atoms with Crippen LogP contribution in [0.25, 0.3) is 0 Å². The third kappa shape index (κ3) is 6.19. The van der Waals surface area contributed by atoms with Crippen LogP contribution in [0.1, 0.15) is 57.5 Å². The molecule has 0 atom stereocenters. The summed E-state index contributed by atoms with van der Waals surface area (Å²) in [6.45, 7) is 1.47. The van der Waals surface area contributed by atoms with Crippen LogP contribution >= 0.6 is 0 Å². The van der Waals surface area contributed by atoms with Crippen molar-refractivity contribution in [3.05, 3.63) is 101 Å². The van der Waals surface area contributed by atoms with Gasteiger partial charge in [-0.05, 0) is 61.1 Å². The van der Waals surface area contributed by atoms with Crippen LogP contribution in [0.2, 0.25) is 0 Å². The number of anilines is 1. The van der Waals surface area contributed by atoms with E-state index in [0.29, 0.717) is 29.7 Å². The number of hydrogen-bond donors (Lipinski definition) is 1. The van der Waals surface area contributed by atoms with Crippen molar-refractivity contribution < 1.29 is 14.4 Å². The van der Waals surface area contributed by atoms with Crippen molar-refractivity contribution in [3.8, 4) is 0 Å². The molecule has 1 N–H and O–H groups in total. The van der Waals surface area contributed by atoms with Crippen LogP contribution in [-0.2, 0) is 17.6 Å². The van der Waals surface area contributed by atoms with Gasteiger partial charge in [-0.15, -0.1) is 0 Å². The first-order valence-corrected chi connectivity index (χ1v) is 11.9. The van der Waals surface area contributed by atoms with Gasteiger partial charge >= 0.3 is 0 Å². The lowest BCUT2D eigenvalue weighted by atomic mass is 10.0. The molecule has 0 aromatic heterocycles. The molecule has 0 saturated carbocycles. The monoisotopic (exact) mass is 454 g/mol. The van der Waals surface area contributed by atoms with Crippen LogP contribution in [0.4, 0.5) is 5.69 Å². The maximum atomic E-state index is 13.0. The molecule has 1 saturated heterocycles. The van der Waals surface area contributed by atoms with E-state index in [1.807, 2.05) is 47.4 Å². The van der Waals surface area contributed by atoms with Gasteiger partial charge in [-0.3, -0.25) is 14.4 Å². The van der Waals surface area contributed by atoms with Crippen LogP contribution in [0.15, 0.2) is 78.9 Å². The van der Waals surface area contributed by atoms with Gasteiger partial charge in [0.15, 0.2) is 0 Å². The SMILES string of the molecule is O=C(CCc1ccccc1)Cc1ccc(NC(=O)c2ccccc2C(=O)N2CCCCC2)cc1. The van der Waals surface area contributed by atoms with Crippen molar-refractivity contribution in [2.24, 2.45) is 0 Å². The Bertz CT molecular complexity index is 1130. The highest BCUT2D eigenvalue weighted by molar-refractivity contribution is 6.12. The molecule has 174 valence electrons. The summed E-state index contributed by atoms with van der Waals surface area (Å²) in [5.74, 6) is -0.215. The molecule has 1 aliphatic heterocycles. The van der Waals surface area contributed by atoms with E-state index in [0.717, 1.165) is 49.9 Å². The molecule has 5 heteroatoms. The Hall–Kier alpha value is -3.73. The van der Waals surface area contributed by atoms with Crippen LogP contribution in [0.5, 0.6) is 0 Å². The average Bonchev–Trinajstić information content (AvgIpc) is 2.89. The van der Waals surface area contributed by atoms with Crippen molar-refractivity contribution in [1.82, 2.24) is 4.90 Å². The molecule has 1 fully saturated rings. The second-order valence-electron chi connectivity index (χ2n) is 8.75. The van der Waals surface area contributed by atoms with E-state index in [9.17, 15) is 14.4 Å². The summed E-state index contributed by atoms with van der Waals surface area (Å²) in [6.07, 6.45) is 4.75. The van der Waals surface area contributed by atoms with Crippen LogP contribution in [0, 0.1) is 0 Å². The van der Waals surface area contributed by atoms with Crippen molar-refractivity contribution >= 4 is 23.3 Å². The van der Waals surface area contributed by atoms with Crippen molar-refractivity contribution in [3.63, 3.8) is 0 Å². The fourth-order valence-corrected chi connectivity index (χ4v) is 4.28. The summed E-state index contributed by atoms with van der Waals surface area (Å²) in [5, 5.41) is 2.89. The number of amides is 2. The maximum Gasteiger partial charge on any atom is 0.256 e. The molecule has 5 nitrogen and oxygen atoms in total. The third-order valence-electron chi connectivity index (χ3n) is 6.19. The lowest BCUT2D eigenvalue weighted by Crippen LogP contribution is -2.36. The first kappa shape index (κ1) is 23.4. The van der Waals surface area contributed by atoms with Gasteiger partial charge in [0.05, 0.1) is 11.1 Å². The lowest BCUT2D eigenvalue weighted by Gasteiger charge is -2.27. The van der Waals surface area contributed by atoms with Gasteiger partial charge in [0.1, 0.15) is 5.78 Å². The van der Waals surface area contributed by atoms with E-state index in [-0.39, 0.29) is 17.6 Å². The molecule has 1 heterocycles. The van der Waals surface area contributed by atoms with E-state index < -0.39 is 0 Å². The fourth-order valence-electron chi connectivity index (χ4n) is 4.28. The minimum atomic E-state index is -0.312. The Morgan fingerprint density at radius 3 is 2.06 bits per heavy atom. The Morgan fingerprint density at radius 1 is 0.706 bits per heavy atom. The minimum absolute atomic E-state index is 0.0881. The average molecular weight is 455 g/mol. The quantitative estimate of drug-likeness (QED) is 0.502. The largest absolute Gasteiger partial charge is 0.339 e. The second kappa shape index (κ2) is 11.4. The molecule has 0 aliphatic carbocycles. The fraction of sp³-hybridized carbons (Fsp3) is 0.276. The van der Waals surface area contributed by atoms with E-state index >= 15 is 0 Å². The van der Waals surface area contributed by atoms with Gasteiger partial charge in [0.2, 0.25) is 0 Å². The van der Waals surface area contributed by atoms with Crippen molar-refractivity contribution in [2.45, 2.75) is 38.5 Å². The Balaban J connectivity index is 1.35. The Kier molecular flexibility index (Phi) is 7.87. The number of aryl methyl sites for hydroxylation is 1. The molecule has 34 heavy (non-hydrogen) atoms. The molecule has 0 radical (unpaired) electrons. The number of hydrogen-bond acceptors (Lipinski definition) is 3. The number of carbonyl (C=O) groups excluding carboxylic acids is 3. The normalized spacial score (nSPS) is 13.4. The van der Waals surface area contributed by atoms with E-state index in [4.69, 9.17) is 0 Å². The maximum absolute atomic E-state index is 13.0. The highest BCUT2D eigenvalue weighted by Gasteiger charge is 2.23. The van der Waals surface area contributed by atoms with E-state index in [1.165, 1.54) is 0 Å². The zero-order valence-corrected chi connectivity index (χ0v) is 19.3.